The maximum Gasteiger partial charge on any atom is 0.269 e. The van der Waals surface area contributed by atoms with E-state index in [-0.39, 0.29) is 16.3 Å². The summed E-state index contributed by atoms with van der Waals surface area (Å²) in [5.41, 5.74) is 5.49. The standard InChI is InChI=1S/C15H14BrN3O5S/c1-10-8-12(19(21)22)4-7-14(10)18(9-15(17)20)25(23,24)13-5-2-11(16)3-6-13/h2-8H,9H2,1H3,(H2,17,20). The third kappa shape index (κ3) is 4.15. The molecule has 1 amide bonds. The van der Waals surface area contributed by atoms with Crippen molar-refractivity contribution in [2.24, 2.45) is 5.73 Å². The van der Waals surface area contributed by atoms with Gasteiger partial charge in [-0.1, -0.05) is 15.9 Å². The largest absolute Gasteiger partial charge is 0.368 e. The Balaban J connectivity index is 2.58. The molecule has 25 heavy (non-hydrogen) atoms. The lowest BCUT2D eigenvalue weighted by Gasteiger charge is -2.24. The highest BCUT2D eigenvalue weighted by Gasteiger charge is 2.28. The minimum Gasteiger partial charge on any atom is -0.368 e. The van der Waals surface area contributed by atoms with E-state index in [4.69, 9.17) is 5.73 Å². The fourth-order valence-electron chi connectivity index (χ4n) is 2.21. The summed E-state index contributed by atoms with van der Waals surface area (Å²) in [6.07, 6.45) is 0. The van der Waals surface area contributed by atoms with Crippen LogP contribution in [0.5, 0.6) is 0 Å². The zero-order chi connectivity index (χ0) is 18.8. The summed E-state index contributed by atoms with van der Waals surface area (Å²) >= 11 is 3.22. The number of anilines is 1. The Morgan fingerprint density at radius 1 is 1.24 bits per heavy atom. The summed E-state index contributed by atoms with van der Waals surface area (Å²) < 4.78 is 27.4. The molecule has 8 nitrogen and oxygen atoms in total. The summed E-state index contributed by atoms with van der Waals surface area (Å²) in [5.74, 6) is -0.849. The van der Waals surface area contributed by atoms with E-state index in [1.165, 1.54) is 37.3 Å². The van der Waals surface area contributed by atoms with Crippen molar-refractivity contribution in [3.05, 3.63) is 62.6 Å². The molecule has 0 radical (unpaired) electrons. The first-order chi connectivity index (χ1) is 11.6. The van der Waals surface area contributed by atoms with Crippen molar-refractivity contribution in [1.29, 1.82) is 0 Å². The van der Waals surface area contributed by atoms with Crippen molar-refractivity contribution in [2.45, 2.75) is 11.8 Å². The maximum atomic E-state index is 12.9. The molecule has 0 aliphatic carbocycles. The van der Waals surface area contributed by atoms with Gasteiger partial charge in [0, 0.05) is 16.6 Å². The quantitative estimate of drug-likeness (QED) is 0.559. The zero-order valence-corrected chi connectivity index (χ0v) is 15.5. The number of aryl methyl sites for hydroxylation is 1. The van der Waals surface area contributed by atoms with Gasteiger partial charge in [-0.15, -0.1) is 0 Å². The molecule has 0 heterocycles. The zero-order valence-electron chi connectivity index (χ0n) is 13.0. The Kier molecular flexibility index (Phi) is 5.43. The molecule has 0 unspecified atom stereocenters. The summed E-state index contributed by atoms with van der Waals surface area (Å²) in [5, 5.41) is 10.9. The van der Waals surface area contributed by atoms with Crippen LogP contribution in [0.2, 0.25) is 0 Å². The van der Waals surface area contributed by atoms with Gasteiger partial charge in [-0.3, -0.25) is 19.2 Å². The Morgan fingerprint density at radius 3 is 2.32 bits per heavy atom. The minimum absolute atomic E-state index is 0.0327. The number of nitro benzene ring substituents is 1. The van der Waals surface area contributed by atoms with Crippen LogP contribution >= 0.6 is 15.9 Å². The van der Waals surface area contributed by atoms with E-state index < -0.39 is 27.4 Å². The van der Waals surface area contributed by atoms with E-state index in [1.807, 2.05) is 0 Å². The number of hydrogen-bond acceptors (Lipinski definition) is 5. The lowest BCUT2D eigenvalue weighted by molar-refractivity contribution is -0.384. The second-order valence-corrected chi connectivity index (χ2v) is 7.94. The van der Waals surface area contributed by atoms with Crippen LogP contribution in [-0.2, 0) is 14.8 Å². The van der Waals surface area contributed by atoms with E-state index in [0.29, 0.717) is 10.0 Å². The molecule has 0 aliphatic rings. The van der Waals surface area contributed by atoms with Crippen molar-refractivity contribution in [3.63, 3.8) is 0 Å². The number of benzene rings is 2. The SMILES string of the molecule is Cc1cc([N+](=O)[O-])ccc1N(CC(N)=O)S(=O)(=O)c1ccc(Br)cc1. The number of nitrogens with two attached hydrogens (primary N) is 1. The van der Waals surface area contributed by atoms with Crippen molar-refractivity contribution in [3.8, 4) is 0 Å². The molecule has 2 aromatic carbocycles. The molecule has 0 aromatic heterocycles. The first kappa shape index (κ1) is 18.9. The molecule has 0 bridgehead atoms. The Morgan fingerprint density at radius 2 is 1.84 bits per heavy atom. The molecule has 0 fully saturated rings. The van der Waals surface area contributed by atoms with Crippen molar-refractivity contribution < 1.29 is 18.1 Å². The monoisotopic (exact) mass is 427 g/mol. The van der Waals surface area contributed by atoms with Crippen molar-refractivity contribution in [2.75, 3.05) is 10.8 Å². The second kappa shape index (κ2) is 7.19. The summed E-state index contributed by atoms with van der Waals surface area (Å²) in [7, 11) is -4.08. The number of non-ortho nitro benzene ring substituents is 1. The smallest absolute Gasteiger partial charge is 0.269 e. The molecule has 2 rings (SSSR count). The molecule has 0 aliphatic heterocycles. The van der Waals surface area contributed by atoms with Crippen molar-refractivity contribution >= 4 is 43.2 Å². The van der Waals surface area contributed by atoms with E-state index in [1.54, 1.807) is 12.1 Å². The van der Waals surface area contributed by atoms with E-state index in [2.05, 4.69) is 15.9 Å². The van der Waals surface area contributed by atoms with E-state index >= 15 is 0 Å². The third-order valence-corrected chi connectivity index (χ3v) is 5.66. The topological polar surface area (TPSA) is 124 Å². The molecule has 2 aromatic rings. The van der Waals surface area contributed by atoms with Gasteiger partial charge in [0.15, 0.2) is 0 Å². The first-order valence-corrected chi connectivity index (χ1v) is 9.18. The highest BCUT2D eigenvalue weighted by molar-refractivity contribution is 9.10. The predicted octanol–water partition coefficient (Wildman–Crippen LogP) is 2.35. The fraction of sp³-hybridized carbons (Fsp3) is 0.133. The summed E-state index contributed by atoms with van der Waals surface area (Å²) in [6, 6.07) is 9.57. The normalized spacial score (nSPS) is 11.1. The van der Waals surface area contributed by atoms with Gasteiger partial charge < -0.3 is 5.73 Å². The number of carbonyl (C=O) groups excluding carboxylic acids is 1. The van der Waals surface area contributed by atoms with Crippen LogP contribution in [0.4, 0.5) is 11.4 Å². The van der Waals surface area contributed by atoms with Crippen LogP contribution in [0.25, 0.3) is 0 Å². The first-order valence-electron chi connectivity index (χ1n) is 6.94. The number of rotatable bonds is 6. The Labute approximate surface area is 152 Å². The number of hydrogen-bond donors (Lipinski definition) is 1. The molecule has 0 atom stereocenters. The van der Waals surface area contributed by atoms with Crippen molar-refractivity contribution in [1.82, 2.24) is 0 Å². The summed E-state index contributed by atoms with van der Waals surface area (Å²) in [4.78, 5) is 21.6. The molecule has 0 saturated carbocycles. The van der Waals surface area contributed by atoms with Gasteiger partial charge in [0.1, 0.15) is 6.54 Å². The van der Waals surface area contributed by atoms with Gasteiger partial charge in [-0.2, -0.15) is 0 Å². The van der Waals surface area contributed by atoms with Gasteiger partial charge in [0.05, 0.1) is 15.5 Å². The van der Waals surface area contributed by atoms with Gasteiger partial charge in [0.25, 0.3) is 15.7 Å². The molecular formula is C15H14BrN3O5S. The number of nitro groups is 1. The number of carbonyl (C=O) groups is 1. The highest BCUT2D eigenvalue weighted by atomic mass is 79.9. The van der Waals surface area contributed by atoms with Crippen LogP contribution in [0, 0.1) is 17.0 Å². The number of sulfonamides is 1. The van der Waals surface area contributed by atoms with Gasteiger partial charge in [-0.25, -0.2) is 8.42 Å². The molecule has 0 spiro atoms. The maximum absolute atomic E-state index is 12.9. The van der Waals surface area contributed by atoms with Crippen LogP contribution in [0.3, 0.4) is 0 Å². The number of nitrogens with zero attached hydrogens (tertiary/aromatic N) is 2. The lowest BCUT2D eigenvalue weighted by atomic mass is 10.2. The highest BCUT2D eigenvalue weighted by Crippen LogP contribution is 2.29. The molecule has 10 heteroatoms. The van der Waals surface area contributed by atoms with E-state index in [0.717, 1.165) is 4.31 Å². The van der Waals surface area contributed by atoms with Crippen LogP contribution in [0.1, 0.15) is 5.56 Å². The fourth-order valence-corrected chi connectivity index (χ4v) is 3.97. The lowest BCUT2D eigenvalue weighted by Crippen LogP contribution is -2.39. The number of primary amides is 1. The molecule has 132 valence electrons. The Bertz CT molecular complexity index is 929. The van der Waals surface area contributed by atoms with E-state index in [9.17, 15) is 23.3 Å². The molecular weight excluding hydrogens is 414 g/mol. The molecule has 0 saturated heterocycles. The number of amides is 1. The van der Waals surface area contributed by atoms with Gasteiger partial charge >= 0.3 is 0 Å². The minimum atomic E-state index is -4.08. The van der Waals surface area contributed by atoms with Crippen LogP contribution < -0.4 is 10.0 Å². The predicted molar refractivity (Wildman–Crippen MR) is 95.7 cm³/mol. The average molecular weight is 428 g/mol. The number of halogens is 1. The average Bonchev–Trinajstić information content (AvgIpc) is 2.53. The van der Waals surface area contributed by atoms with Crippen LogP contribution in [-0.4, -0.2) is 25.8 Å². The molecule has 2 N–H and O–H groups in total. The van der Waals surface area contributed by atoms with Gasteiger partial charge in [0.2, 0.25) is 5.91 Å². The van der Waals surface area contributed by atoms with Gasteiger partial charge in [-0.05, 0) is 42.8 Å². The Hall–Kier alpha value is -2.46. The second-order valence-electron chi connectivity index (χ2n) is 5.16. The third-order valence-electron chi connectivity index (χ3n) is 3.36. The van der Waals surface area contributed by atoms with Crippen LogP contribution in [0.15, 0.2) is 51.8 Å². The summed E-state index contributed by atoms with van der Waals surface area (Å²) in [6.45, 7) is 0.935.